The highest BCUT2D eigenvalue weighted by Crippen LogP contribution is 2.19. The summed E-state index contributed by atoms with van der Waals surface area (Å²) in [5.74, 6) is -1.04. The standard InChI is InChI=1S/C18H17IN2O3S/c1-10(2)11-3-5-12(6-4-11)16(22)21-18(25)20-15-8-7-13(19)9-14(15)17(23)24/h3-10H,1-2H3,(H,23,24)(H2,20,21,22,25). The number of carbonyl (C=O) groups is 2. The van der Waals surface area contributed by atoms with E-state index in [1.165, 1.54) is 6.07 Å². The minimum absolute atomic E-state index is 0.0432. The number of carboxylic acids is 1. The molecule has 0 spiro atoms. The third-order valence-electron chi connectivity index (χ3n) is 3.53. The molecule has 0 saturated heterocycles. The number of carbonyl (C=O) groups excluding carboxylic acids is 1. The molecule has 0 heterocycles. The van der Waals surface area contributed by atoms with Crippen molar-refractivity contribution in [1.29, 1.82) is 0 Å². The van der Waals surface area contributed by atoms with Crippen molar-refractivity contribution in [2.75, 3.05) is 5.32 Å². The minimum Gasteiger partial charge on any atom is -0.478 e. The third-order valence-corrected chi connectivity index (χ3v) is 4.40. The summed E-state index contributed by atoms with van der Waals surface area (Å²) in [6, 6.07) is 12.2. The van der Waals surface area contributed by atoms with Crippen LogP contribution in [0.5, 0.6) is 0 Å². The van der Waals surface area contributed by atoms with Gasteiger partial charge in [-0.1, -0.05) is 26.0 Å². The molecule has 25 heavy (non-hydrogen) atoms. The van der Waals surface area contributed by atoms with Gasteiger partial charge in [0.15, 0.2) is 5.11 Å². The Hall–Kier alpha value is -2.00. The van der Waals surface area contributed by atoms with Gasteiger partial charge in [0.05, 0.1) is 11.3 Å². The number of benzene rings is 2. The van der Waals surface area contributed by atoms with Crippen molar-refractivity contribution in [2.24, 2.45) is 0 Å². The summed E-state index contributed by atoms with van der Waals surface area (Å²) in [6.07, 6.45) is 0. The molecule has 0 saturated carbocycles. The summed E-state index contributed by atoms with van der Waals surface area (Å²) in [6.45, 7) is 4.16. The number of carboxylic acid groups (broad SMARTS) is 1. The Labute approximate surface area is 165 Å². The van der Waals surface area contributed by atoms with Crippen LogP contribution in [0.25, 0.3) is 0 Å². The average molecular weight is 468 g/mol. The van der Waals surface area contributed by atoms with Crippen molar-refractivity contribution in [3.8, 4) is 0 Å². The molecule has 130 valence electrons. The average Bonchev–Trinajstić information content (AvgIpc) is 2.56. The first-order valence-corrected chi connectivity index (χ1v) is 9.01. The molecule has 0 fully saturated rings. The Morgan fingerprint density at radius 1 is 1.12 bits per heavy atom. The van der Waals surface area contributed by atoms with Gasteiger partial charge >= 0.3 is 5.97 Å². The predicted octanol–water partition coefficient (Wildman–Crippen LogP) is 4.24. The van der Waals surface area contributed by atoms with Crippen LogP contribution in [0.1, 0.15) is 46.0 Å². The topological polar surface area (TPSA) is 78.4 Å². The minimum atomic E-state index is -1.07. The summed E-state index contributed by atoms with van der Waals surface area (Å²) in [4.78, 5) is 23.6. The van der Waals surface area contributed by atoms with Crippen LogP contribution in [-0.4, -0.2) is 22.1 Å². The van der Waals surface area contributed by atoms with Gasteiger partial charge in [0.2, 0.25) is 0 Å². The summed E-state index contributed by atoms with van der Waals surface area (Å²) in [7, 11) is 0. The lowest BCUT2D eigenvalue weighted by atomic mass is 10.0. The summed E-state index contributed by atoms with van der Waals surface area (Å²) >= 11 is 7.15. The lowest BCUT2D eigenvalue weighted by Crippen LogP contribution is -2.34. The Morgan fingerprint density at radius 3 is 2.32 bits per heavy atom. The van der Waals surface area contributed by atoms with E-state index >= 15 is 0 Å². The molecule has 0 radical (unpaired) electrons. The fraction of sp³-hybridized carbons (Fsp3) is 0.167. The summed E-state index contributed by atoms with van der Waals surface area (Å²) in [5.41, 5.74) is 2.04. The molecule has 0 bridgehead atoms. The zero-order valence-corrected chi connectivity index (χ0v) is 16.6. The Morgan fingerprint density at radius 2 is 1.76 bits per heavy atom. The molecule has 0 unspecified atom stereocenters. The first-order chi connectivity index (χ1) is 11.8. The van der Waals surface area contributed by atoms with Gasteiger partial charge in [-0.05, 0) is 76.6 Å². The van der Waals surface area contributed by atoms with E-state index < -0.39 is 5.97 Å². The van der Waals surface area contributed by atoms with E-state index in [9.17, 15) is 14.7 Å². The number of amides is 1. The van der Waals surface area contributed by atoms with E-state index in [2.05, 4.69) is 24.5 Å². The molecular weight excluding hydrogens is 451 g/mol. The molecule has 0 aromatic heterocycles. The Bertz CT molecular complexity index is 820. The van der Waals surface area contributed by atoms with E-state index in [-0.39, 0.29) is 16.6 Å². The predicted molar refractivity (Wildman–Crippen MR) is 110 cm³/mol. The molecule has 5 nitrogen and oxygen atoms in total. The quantitative estimate of drug-likeness (QED) is 0.462. The number of nitrogens with one attached hydrogen (secondary N) is 2. The molecule has 0 atom stereocenters. The molecule has 2 rings (SSSR count). The number of hydrogen-bond acceptors (Lipinski definition) is 3. The van der Waals surface area contributed by atoms with Gasteiger partial charge in [-0.3, -0.25) is 10.1 Å². The Balaban J connectivity index is 2.07. The molecule has 2 aromatic carbocycles. The van der Waals surface area contributed by atoms with Gasteiger partial charge in [-0.25, -0.2) is 4.79 Å². The maximum atomic E-state index is 12.2. The van der Waals surface area contributed by atoms with E-state index in [1.807, 2.05) is 34.7 Å². The number of rotatable bonds is 4. The second-order valence-corrected chi connectivity index (χ2v) is 7.33. The lowest BCUT2D eigenvalue weighted by molar-refractivity contribution is 0.0697. The van der Waals surface area contributed by atoms with Crippen molar-refractivity contribution in [3.05, 3.63) is 62.7 Å². The van der Waals surface area contributed by atoms with Crippen LogP contribution in [0.3, 0.4) is 0 Å². The van der Waals surface area contributed by atoms with Crippen LogP contribution in [0.2, 0.25) is 0 Å². The van der Waals surface area contributed by atoms with Gasteiger partial charge in [0.25, 0.3) is 5.91 Å². The molecule has 1 amide bonds. The van der Waals surface area contributed by atoms with Crippen molar-refractivity contribution in [1.82, 2.24) is 5.32 Å². The first-order valence-electron chi connectivity index (χ1n) is 7.53. The van der Waals surface area contributed by atoms with Crippen molar-refractivity contribution in [2.45, 2.75) is 19.8 Å². The van der Waals surface area contributed by atoms with Crippen LogP contribution >= 0.6 is 34.8 Å². The highest BCUT2D eigenvalue weighted by molar-refractivity contribution is 14.1. The zero-order chi connectivity index (χ0) is 18.6. The van der Waals surface area contributed by atoms with E-state index in [0.717, 1.165) is 9.13 Å². The van der Waals surface area contributed by atoms with Crippen LogP contribution in [0.15, 0.2) is 42.5 Å². The van der Waals surface area contributed by atoms with Crippen LogP contribution in [-0.2, 0) is 0 Å². The fourth-order valence-corrected chi connectivity index (χ4v) is 2.84. The van der Waals surface area contributed by atoms with Gasteiger partial charge in [-0.15, -0.1) is 0 Å². The fourth-order valence-electron chi connectivity index (χ4n) is 2.15. The van der Waals surface area contributed by atoms with Gasteiger partial charge in [0, 0.05) is 9.13 Å². The second-order valence-electron chi connectivity index (χ2n) is 5.68. The van der Waals surface area contributed by atoms with Crippen molar-refractivity contribution >= 4 is 57.5 Å². The van der Waals surface area contributed by atoms with Crippen LogP contribution < -0.4 is 10.6 Å². The number of thiocarbonyl (C=S) groups is 1. The molecular formula is C18H17IN2O3S. The maximum Gasteiger partial charge on any atom is 0.337 e. The Kier molecular flexibility index (Phi) is 6.49. The number of halogens is 1. The molecule has 0 aliphatic carbocycles. The lowest BCUT2D eigenvalue weighted by Gasteiger charge is -2.12. The first kappa shape index (κ1) is 19.3. The van der Waals surface area contributed by atoms with E-state index in [4.69, 9.17) is 12.2 Å². The normalized spacial score (nSPS) is 10.4. The molecule has 7 heteroatoms. The molecule has 2 aromatic rings. The maximum absolute atomic E-state index is 12.2. The molecule has 0 aliphatic heterocycles. The van der Waals surface area contributed by atoms with E-state index in [1.54, 1.807) is 24.3 Å². The highest BCUT2D eigenvalue weighted by atomic mass is 127. The molecule has 0 aliphatic rings. The SMILES string of the molecule is CC(C)c1ccc(C(=O)NC(=S)Nc2ccc(I)cc2C(=O)O)cc1. The largest absolute Gasteiger partial charge is 0.478 e. The summed E-state index contributed by atoms with van der Waals surface area (Å²) < 4.78 is 0.792. The van der Waals surface area contributed by atoms with Gasteiger partial charge < -0.3 is 10.4 Å². The monoisotopic (exact) mass is 468 g/mol. The number of hydrogen-bond donors (Lipinski definition) is 3. The van der Waals surface area contributed by atoms with Crippen LogP contribution in [0, 0.1) is 3.57 Å². The molecule has 3 N–H and O–H groups in total. The highest BCUT2D eigenvalue weighted by Gasteiger charge is 2.13. The second kappa shape index (κ2) is 8.39. The van der Waals surface area contributed by atoms with E-state index in [0.29, 0.717) is 17.2 Å². The number of anilines is 1. The van der Waals surface area contributed by atoms with Crippen molar-refractivity contribution in [3.63, 3.8) is 0 Å². The van der Waals surface area contributed by atoms with Crippen molar-refractivity contribution < 1.29 is 14.7 Å². The van der Waals surface area contributed by atoms with Gasteiger partial charge in [0.1, 0.15) is 0 Å². The summed E-state index contributed by atoms with van der Waals surface area (Å²) in [5, 5.41) is 14.6. The smallest absolute Gasteiger partial charge is 0.337 e. The number of aromatic carboxylic acids is 1. The van der Waals surface area contributed by atoms with Crippen LogP contribution in [0.4, 0.5) is 5.69 Å². The zero-order valence-electron chi connectivity index (χ0n) is 13.7. The third kappa shape index (κ3) is 5.23. The van der Waals surface area contributed by atoms with Gasteiger partial charge in [-0.2, -0.15) is 0 Å².